The summed E-state index contributed by atoms with van der Waals surface area (Å²) in [5.41, 5.74) is 1.18. The molecule has 0 spiro atoms. The van der Waals surface area contributed by atoms with Gasteiger partial charge in [-0.05, 0) is 5.56 Å². The summed E-state index contributed by atoms with van der Waals surface area (Å²) in [5, 5.41) is 0.422. The lowest BCUT2D eigenvalue weighted by Crippen LogP contribution is -2.39. The molecular weight excluding hydrogens is 224 g/mol. The van der Waals surface area contributed by atoms with Crippen LogP contribution >= 0.6 is 0 Å². The molecule has 0 radical (unpaired) electrons. The zero-order chi connectivity index (χ0) is 13.1. The third kappa shape index (κ3) is 3.40. The van der Waals surface area contributed by atoms with Gasteiger partial charge in [0.15, 0.2) is 0 Å². The van der Waals surface area contributed by atoms with Crippen molar-refractivity contribution in [3.8, 4) is 0 Å². The van der Waals surface area contributed by atoms with Gasteiger partial charge in [0, 0.05) is 11.8 Å². The molecule has 2 atom stereocenters. The van der Waals surface area contributed by atoms with Crippen LogP contribution < -0.4 is 0 Å². The molecule has 1 aromatic carbocycles. The van der Waals surface area contributed by atoms with Crippen LogP contribution in [0.15, 0.2) is 43.0 Å². The van der Waals surface area contributed by atoms with Crippen molar-refractivity contribution in [2.24, 2.45) is 5.92 Å². The van der Waals surface area contributed by atoms with E-state index in [1.54, 1.807) is 0 Å². The van der Waals surface area contributed by atoms with Crippen molar-refractivity contribution in [1.82, 2.24) is 0 Å². The molecule has 0 saturated carbocycles. The van der Waals surface area contributed by atoms with Gasteiger partial charge in [-0.2, -0.15) is 0 Å². The number of hydrogen-bond donors (Lipinski definition) is 0. The van der Waals surface area contributed by atoms with Crippen LogP contribution in [0.3, 0.4) is 0 Å². The van der Waals surface area contributed by atoms with E-state index in [9.17, 15) is 4.79 Å². The molecule has 0 fully saturated rings. The van der Waals surface area contributed by atoms with Crippen molar-refractivity contribution in [3.63, 3.8) is 0 Å². The summed E-state index contributed by atoms with van der Waals surface area (Å²) in [6.07, 6.45) is 1.90. The first kappa shape index (κ1) is 13.9. The SMILES string of the molecule is C=C[C@H](c1ccccc1)[C@H](C)C(=O)[Si](C)(C)C. The average Bonchev–Trinajstić information content (AvgIpc) is 2.29. The first-order valence-corrected chi connectivity index (χ1v) is 9.59. The van der Waals surface area contributed by atoms with Crippen LogP contribution in [-0.4, -0.2) is 13.5 Å². The van der Waals surface area contributed by atoms with Crippen molar-refractivity contribution in [3.05, 3.63) is 48.6 Å². The Morgan fingerprint density at radius 3 is 2.18 bits per heavy atom. The van der Waals surface area contributed by atoms with Crippen molar-refractivity contribution < 1.29 is 4.79 Å². The molecule has 0 aliphatic heterocycles. The van der Waals surface area contributed by atoms with Gasteiger partial charge in [0.2, 0.25) is 0 Å². The summed E-state index contributed by atoms with van der Waals surface area (Å²) in [4.78, 5) is 12.4. The smallest absolute Gasteiger partial charge is 0.124 e. The lowest BCUT2D eigenvalue weighted by molar-refractivity contribution is -0.116. The molecule has 17 heavy (non-hydrogen) atoms. The van der Waals surface area contributed by atoms with E-state index in [0.717, 1.165) is 0 Å². The third-order valence-corrected chi connectivity index (χ3v) is 5.06. The molecule has 0 aliphatic carbocycles. The van der Waals surface area contributed by atoms with Crippen molar-refractivity contribution in [1.29, 1.82) is 0 Å². The first-order valence-electron chi connectivity index (χ1n) is 6.09. The van der Waals surface area contributed by atoms with Crippen LogP contribution in [0.25, 0.3) is 0 Å². The molecule has 1 nitrogen and oxygen atoms in total. The predicted octanol–water partition coefficient (Wildman–Crippen LogP) is 4.04. The summed E-state index contributed by atoms with van der Waals surface area (Å²) in [7, 11) is -1.72. The van der Waals surface area contributed by atoms with Gasteiger partial charge in [-0.3, -0.25) is 0 Å². The first-order chi connectivity index (χ1) is 7.88. The fraction of sp³-hybridized carbons (Fsp3) is 0.400. The molecule has 0 unspecified atom stereocenters. The minimum Gasteiger partial charge on any atom is -0.305 e. The molecule has 0 heterocycles. The number of benzene rings is 1. The topological polar surface area (TPSA) is 17.1 Å². The van der Waals surface area contributed by atoms with Crippen LogP contribution in [0.5, 0.6) is 0 Å². The maximum atomic E-state index is 12.4. The molecule has 0 N–H and O–H groups in total. The fourth-order valence-electron chi connectivity index (χ4n) is 2.15. The van der Waals surface area contributed by atoms with Crippen LogP contribution in [0.4, 0.5) is 0 Å². The molecule has 1 rings (SSSR count). The number of carbonyl (C=O) groups excluding carboxylic acids is 1. The van der Waals surface area contributed by atoms with Crippen LogP contribution in [0.2, 0.25) is 19.6 Å². The second-order valence-corrected chi connectivity index (χ2v) is 10.6. The standard InChI is InChI=1S/C15H22OSi/c1-6-14(13-10-8-7-9-11-13)12(2)15(16)17(3,4)5/h6-12,14H,1H2,2-5H3/t12-,14-/m0/s1. The van der Waals surface area contributed by atoms with Gasteiger partial charge in [0.05, 0.1) is 0 Å². The molecule has 2 heteroatoms. The Balaban J connectivity index is 2.97. The predicted molar refractivity (Wildman–Crippen MR) is 76.9 cm³/mol. The van der Waals surface area contributed by atoms with Crippen molar-refractivity contribution in [2.75, 3.05) is 0 Å². The Kier molecular flexibility index (Phi) is 4.46. The second-order valence-electron chi connectivity index (χ2n) is 5.58. The van der Waals surface area contributed by atoms with Gasteiger partial charge in [0.1, 0.15) is 13.5 Å². The molecule has 0 amide bonds. The molecule has 0 aromatic heterocycles. The second kappa shape index (κ2) is 5.45. The molecular formula is C15H22OSi. The molecule has 0 bridgehead atoms. The molecule has 92 valence electrons. The van der Waals surface area contributed by atoms with Crippen molar-refractivity contribution >= 4 is 13.5 Å². The van der Waals surface area contributed by atoms with Gasteiger partial charge in [-0.25, -0.2) is 0 Å². The molecule has 0 saturated heterocycles. The summed E-state index contributed by atoms with van der Waals surface area (Å²) in [6, 6.07) is 10.2. The monoisotopic (exact) mass is 246 g/mol. The Morgan fingerprint density at radius 1 is 1.24 bits per heavy atom. The lowest BCUT2D eigenvalue weighted by Gasteiger charge is -2.25. The molecule has 0 aliphatic rings. The van der Waals surface area contributed by atoms with Gasteiger partial charge >= 0.3 is 0 Å². The van der Waals surface area contributed by atoms with Crippen LogP contribution in [-0.2, 0) is 4.79 Å². The van der Waals surface area contributed by atoms with Crippen LogP contribution in [0, 0.1) is 5.92 Å². The summed E-state index contributed by atoms with van der Waals surface area (Å²) >= 11 is 0. The number of carbonyl (C=O) groups is 1. The van der Waals surface area contributed by atoms with E-state index in [1.165, 1.54) is 5.56 Å². The number of hydrogen-bond acceptors (Lipinski definition) is 1. The highest BCUT2D eigenvalue weighted by molar-refractivity contribution is 7.03. The Bertz CT molecular complexity index is 389. The van der Waals surface area contributed by atoms with E-state index >= 15 is 0 Å². The van der Waals surface area contributed by atoms with Crippen molar-refractivity contribution in [2.45, 2.75) is 32.5 Å². The summed E-state index contributed by atoms with van der Waals surface area (Å²) in [5.74, 6) is 0.164. The fourth-order valence-corrected chi connectivity index (χ4v) is 3.70. The van der Waals surface area contributed by atoms with Gasteiger partial charge in [-0.15, -0.1) is 6.58 Å². The van der Waals surface area contributed by atoms with E-state index in [4.69, 9.17) is 0 Å². The minimum atomic E-state index is -1.72. The Labute approximate surface area is 106 Å². The minimum absolute atomic E-state index is 0.0292. The largest absolute Gasteiger partial charge is 0.305 e. The highest BCUT2D eigenvalue weighted by Gasteiger charge is 2.32. The van der Waals surface area contributed by atoms with E-state index in [1.807, 2.05) is 31.2 Å². The highest BCUT2D eigenvalue weighted by Crippen LogP contribution is 2.28. The average molecular weight is 246 g/mol. The maximum Gasteiger partial charge on any atom is 0.124 e. The lowest BCUT2D eigenvalue weighted by atomic mass is 9.88. The van der Waals surface area contributed by atoms with Gasteiger partial charge < -0.3 is 4.79 Å². The number of rotatable bonds is 5. The van der Waals surface area contributed by atoms with E-state index in [2.05, 4.69) is 38.4 Å². The maximum absolute atomic E-state index is 12.4. The third-order valence-electron chi connectivity index (χ3n) is 3.13. The Morgan fingerprint density at radius 2 is 1.76 bits per heavy atom. The molecule has 1 aromatic rings. The summed E-state index contributed by atoms with van der Waals surface area (Å²) < 4.78 is 0. The van der Waals surface area contributed by atoms with E-state index < -0.39 is 8.07 Å². The van der Waals surface area contributed by atoms with E-state index in [-0.39, 0.29) is 11.8 Å². The number of allylic oxidation sites excluding steroid dienone is 1. The zero-order valence-corrected chi connectivity index (χ0v) is 12.2. The van der Waals surface area contributed by atoms with Crippen LogP contribution in [0.1, 0.15) is 18.4 Å². The quantitative estimate of drug-likeness (QED) is 0.566. The van der Waals surface area contributed by atoms with Gasteiger partial charge in [-0.1, -0.05) is 63.0 Å². The zero-order valence-electron chi connectivity index (χ0n) is 11.2. The van der Waals surface area contributed by atoms with E-state index in [0.29, 0.717) is 5.41 Å². The highest BCUT2D eigenvalue weighted by atomic mass is 28.3. The van der Waals surface area contributed by atoms with Gasteiger partial charge in [0.25, 0.3) is 0 Å². The normalized spacial score (nSPS) is 15.1. The Hall–Kier alpha value is -1.15. The summed E-state index contributed by atoms with van der Waals surface area (Å²) in [6.45, 7) is 12.2.